The Bertz CT molecular complexity index is 307. The van der Waals surface area contributed by atoms with E-state index in [9.17, 15) is 9.90 Å². The van der Waals surface area contributed by atoms with Crippen LogP contribution in [0.1, 0.15) is 53.4 Å². The summed E-state index contributed by atoms with van der Waals surface area (Å²) in [5, 5.41) is 12.4. The smallest absolute Gasteiger partial charge is 0.244 e. The van der Waals surface area contributed by atoms with E-state index in [0.717, 1.165) is 31.3 Å². The van der Waals surface area contributed by atoms with Crippen LogP contribution in [-0.4, -0.2) is 23.2 Å². The van der Waals surface area contributed by atoms with E-state index in [1.165, 1.54) is 0 Å². The molecule has 3 nitrogen and oxygen atoms in total. The molecule has 0 atom stereocenters. The number of hydrogen-bond acceptors (Lipinski definition) is 2. The summed E-state index contributed by atoms with van der Waals surface area (Å²) in [7, 11) is 0. The molecule has 1 aliphatic rings. The number of rotatable bonds is 3. The molecule has 0 heterocycles. The molecule has 0 unspecified atom stereocenters. The van der Waals surface area contributed by atoms with Gasteiger partial charge in [-0.2, -0.15) is 0 Å². The lowest BCUT2D eigenvalue weighted by molar-refractivity contribution is -0.119. The van der Waals surface area contributed by atoms with Gasteiger partial charge in [0.05, 0.1) is 12.1 Å². The van der Waals surface area contributed by atoms with Gasteiger partial charge in [0.15, 0.2) is 0 Å². The summed E-state index contributed by atoms with van der Waals surface area (Å²) < 4.78 is 0. The second kappa shape index (κ2) is 5.21. The van der Waals surface area contributed by atoms with Crippen LogP contribution in [0.2, 0.25) is 0 Å². The fourth-order valence-corrected chi connectivity index (χ4v) is 2.08. The summed E-state index contributed by atoms with van der Waals surface area (Å²) in [6.07, 6.45) is 5.61. The minimum atomic E-state index is -0.369. The van der Waals surface area contributed by atoms with Gasteiger partial charge in [0.2, 0.25) is 5.91 Å². The van der Waals surface area contributed by atoms with Gasteiger partial charge < -0.3 is 10.4 Å². The highest BCUT2D eigenvalue weighted by molar-refractivity contribution is 5.89. The van der Waals surface area contributed by atoms with Gasteiger partial charge in [-0.25, -0.2) is 0 Å². The van der Waals surface area contributed by atoms with E-state index in [0.29, 0.717) is 0 Å². The van der Waals surface area contributed by atoms with Crippen molar-refractivity contribution in [1.82, 2.24) is 5.32 Å². The topological polar surface area (TPSA) is 49.3 Å². The van der Waals surface area contributed by atoms with Gasteiger partial charge in [-0.3, -0.25) is 4.79 Å². The number of aliphatic hydroxyl groups is 1. The van der Waals surface area contributed by atoms with E-state index in [1.54, 1.807) is 6.08 Å². The molecule has 1 amide bonds. The molecule has 1 saturated carbocycles. The first-order chi connectivity index (χ1) is 7.79. The molecule has 0 aromatic heterocycles. The van der Waals surface area contributed by atoms with Crippen molar-refractivity contribution in [2.24, 2.45) is 5.41 Å². The molecule has 3 heteroatoms. The van der Waals surface area contributed by atoms with Crippen LogP contribution in [0.25, 0.3) is 0 Å². The largest absolute Gasteiger partial charge is 0.394 e. The fraction of sp³-hybridized carbons (Fsp3) is 0.786. The zero-order valence-electron chi connectivity index (χ0n) is 11.5. The summed E-state index contributed by atoms with van der Waals surface area (Å²) in [5.41, 5.74) is 0.701. The lowest BCUT2D eigenvalue weighted by Crippen LogP contribution is -2.48. The molecule has 0 aromatic carbocycles. The second-order valence-electron chi connectivity index (χ2n) is 6.21. The van der Waals surface area contributed by atoms with Crippen molar-refractivity contribution in [3.63, 3.8) is 0 Å². The molecular formula is C14H25NO2. The van der Waals surface area contributed by atoms with Gasteiger partial charge in [0, 0.05) is 6.08 Å². The normalized spacial score (nSPS) is 20.4. The zero-order chi connectivity index (χ0) is 13.1. The van der Waals surface area contributed by atoms with Crippen molar-refractivity contribution in [3.8, 4) is 0 Å². The fourth-order valence-electron chi connectivity index (χ4n) is 2.08. The van der Waals surface area contributed by atoms with Crippen LogP contribution in [-0.2, 0) is 4.79 Å². The SMILES string of the molecule is CC(=CC(=O)NC1(CO)CCCC1)C(C)(C)C. The molecule has 1 aliphatic carbocycles. The number of hydrogen-bond donors (Lipinski definition) is 2. The van der Waals surface area contributed by atoms with Crippen LogP contribution < -0.4 is 5.32 Å². The van der Waals surface area contributed by atoms with E-state index in [4.69, 9.17) is 0 Å². The highest BCUT2D eigenvalue weighted by Gasteiger charge is 2.34. The quantitative estimate of drug-likeness (QED) is 0.743. The predicted molar refractivity (Wildman–Crippen MR) is 69.6 cm³/mol. The van der Waals surface area contributed by atoms with Crippen LogP contribution in [0.15, 0.2) is 11.6 Å². The van der Waals surface area contributed by atoms with E-state index >= 15 is 0 Å². The Morgan fingerprint density at radius 2 is 1.88 bits per heavy atom. The van der Waals surface area contributed by atoms with Gasteiger partial charge in [0.1, 0.15) is 0 Å². The van der Waals surface area contributed by atoms with E-state index in [1.807, 2.05) is 6.92 Å². The number of amides is 1. The second-order valence-corrected chi connectivity index (χ2v) is 6.21. The molecular weight excluding hydrogens is 214 g/mol. The van der Waals surface area contributed by atoms with Crippen molar-refractivity contribution >= 4 is 5.91 Å². The highest BCUT2D eigenvalue weighted by atomic mass is 16.3. The minimum absolute atomic E-state index is 0.0133. The Kier molecular flexibility index (Phi) is 4.36. The number of carbonyl (C=O) groups excluding carboxylic acids is 1. The molecule has 98 valence electrons. The Labute approximate surface area is 104 Å². The first-order valence-corrected chi connectivity index (χ1v) is 6.41. The molecule has 17 heavy (non-hydrogen) atoms. The lowest BCUT2D eigenvalue weighted by atomic mass is 9.87. The van der Waals surface area contributed by atoms with Crippen LogP contribution in [0.4, 0.5) is 0 Å². The maximum absolute atomic E-state index is 11.9. The van der Waals surface area contributed by atoms with Gasteiger partial charge in [-0.1, -0.05) is 39.2 Å². The molecule has 0 saturated heterocycles. The summed E-state index contributed by atoms with van der Waals surface area (Å²) in [5.74, 6) is -0.0756. The molecule has 1 fully saturated rings. The van der Waals surface area contributed by atoms with Crippen molar-refractivity contribution in [2.75, 3.05) is 6.61 Å². The number of aliphatic hydroxyl groups excluding tert-OH is 1. The number of allylic oxidation sites excluding steroid dienone is 1. The van der Waals surface area contributed by atoms with E-state index in [-0.39, 0.29) is 23.5 Å². The van der Waals surface area contributed by atoms with Gasteiger partial charge in [-0.15, -0.1) is 0 Å². The maximum Gasteiger partial charge on any atom is 0.244 e. The third kappa shape index (κ3) is 3.84. The average molecular weight is 239 g/mol. The molecule has 0 radical (unpaired) electrons. The average Bonchev–Trinajstić information content (AvgIpc) is 2.65. The van der Waals surface area contributed by atoms with Crippen molar-refractivity contribution in [1.29, 1.82) is 0 Å². The summed E-state index contributed by atoms with van der Waals surface area (Å²) in [4.78, 5) is 11.9. The van der Waals surface area contributed by atoms with E-state index in [2.05, 4.69) is 26.1 Å². The third-order valence-corrected chi connectivity index (χ3v) is 3.78. The third-order valence-electron chi connectivity index (χ3n) is 3.78. The molecule has 1 rings (SSSR count). The summed E-state index contributed by atoms with van der Waals surface area (Å²) >= 11 is 0. The van der Waals surface area contributed by atoms with Crippen LogP contribution in [0.3, 0.4) is 0 Å². The predicted octanol–water partition coefficient (Wildman–Crippen LogP) is 2.40. The Morgan fingerprint density at radius 3 is 2.29 bits per heavy atom. The molecule has 2 N–H and O–H groups in total. The van der Waals surface area contributed by atoms with Crippen LogP contribution >= 0.6 is 0 Å². The molecule has 0 aliphatic heterocycles. The van der Waals surface area contributed by atoms with Gasteiger partial charge in [0.25, 0.3) is 0 Å². The van der Waals surface area contributed by atoms with Crippen LogP contribution in [0, 0.1) is 5.41 Å². The zero-order valence-corrected chi connectivity index (χ0v) is 11.5. The summed E-state index contributed by atoms with van der Waals surface area (Å²) in [6, 6.07) is 0. The molecule has 0 aromatic rings. The first-order valence-electron chi connectivity index (χ1n) is 6.41. The van der Waals surface area contributed by atoms with Crippen LogP contribution in [0.5, 0.6) is 0 Å². The highest BCUT2D eigenvalue weighted by Crippen LogP contribution is 2.29. The Hall–Kier alpha value is -0.830. The van der Waals surface area contributed by atoms with Gasteiger partial charge >= 0.3 is 0 Å². The van der Waals surface area contributed by atoms with Crippen molar-refractivity contribution < 1.29 is 9.90 Å². The maximum atomic E-state index is 11.9. The van der Waals surface area contributed by atoms with Crippen molar-refractivity contribution in [3.05, 3.63) is 11.6 Å². The van der Waals surface area contributed by atoms with Gasteiger partial charge in [-0.05, 0) is 25.2 Å². The molecule has 0 spiro atoms. The summed E-state index contributed by atoms with van der Waals surface area (Å²) in [6.45, 7) is 8.28. The van der Waals surface area contributed by atoms with Crippen molar-refractivity contribution in [2.45, 2.75) is 58.9 Å². The standard InChI is InChI=1S/C14H25NO2/c1-11(13(2,3)4)9-12(17)15-14(10-16)7-5-6-8-14/h9,16H,5-8,10H2,1-4H3,(H,15,17). The molecule has 0 bridgehead atoms. The first kappa shape index (κ1) is 14.2. The number of nitrogens with one attached hydrogen (secondary N) is 1. The minimum Gasteiger partial charge on any atom is -0.394 e. The monoisotopic (exact) mass is 239 g/mol. The Morgan fingerprint density at radius 1 is 1.35 bits per heavy atom. The number of carbonyl (C=O) groups is 1. The van der Waals surface area contributed by atoms with E-state index < -0.39 is 0 Å². The Balaban J connectivity index is 2.66. The lowest BCUT2D eigenvalue weighted by Gasteiger charge is -2.28.